The lowest BCUT2D eigenvalue weighted by Crippen LogP contribution is -2.42. The molecule has 27 heavy (non-hydrogen) atoms. The second-order valence-electron chi connectivity index (χ2n) is 7.27. The number of benzene rings is 2. The molecule has 3 aromatic rings. The fraction of sp³-hybridized carbons (Fsp3) is 0.381. The number of fused-ring (bicyclic) bond motifs is 3. The van der Waals surface area contributed by atoms with E-state index in [1.54, 1.807) is 6.26 Å². The topological polar surface area (TPSA) is 42.2 Å². The van der Waals surface area contributed by atoms with E-state index in [0.29, 0.717) is 18.4 Å². The number of halogens is 3. The minimum atomic E-state index is -4.19. The third-order valence-electron chi connectivity index (χ3n) is 5.39. The first-order chi connectivity index (χ1) is 12.9. The molecule has 2 unspecified atom stereocenters. The Bertz CT molecular complexity index is 976. The van der Waals surface area contributed by atoms with Gasteiger partial charge in [-0.1, -0.05) is 36.8 Å². The molecule has 1 saturated carbocycles. The standard InChI is InChI=1S/C21H20F3NO2/c22-21(23,24)15-5-3-6-16(11-15)25-19(26)10-14-12-27-18-9-8-13-4-1-2-7-17(13)20(14)18/h1-2,4,7-9,12,15-16H,3,5-6,10-11H2,(H,25,26). The van der Waals surface area contributed by atoms with E-state index in [9.17, 15) is 18.0 Å². The zero-order valence-corrected chi connectivity index (χ0v) is 14.7. The molecular weight excluding hydrogens is 355 g/mol. The van der Waals surface area contributed by atoms with E-state index in [1.807, 2.05) is 36.4 Å². The van der Waals surface area contributed by atoms with Crippen LogP contribution in [-0.2, 0) is 11.2 Å². The molecule has 0 spiro atoms. The lowest BCUT2D eigenvalue weighted by Gasteiger charge is -2.31. The van der Waals surface area contributed by atoms with Crippen molar-refractivity contribution < 1.29 is 22.4 Å². The van der Waals surface area contributed by atoms with E-state index in [4.69, 9.17) is 4.42 Å². The van der Waals surface area contributed by atoms with Crippen molar-refractivity contribution >= 4 is 27.6 Å². The summed E-state index contributed by atoms with van der Waals surface area (Å²) in [4.78, 5) is 12.5. The van der Waals surface area contributed by atoms with Gasteiger partial charge in [0.2, 0.25) is 5.91 Å². The average molecular weight is 375 g/mol. The highest BCUT2D eigenvalue weighted by Crippen LogP contribution is 2.37. The third-order valence-corrected chi connectivity index (χ3v) is 5.39. The summed E-state index contributed by atoms with van der Waals surface area (Å²) in [5, 5.41) is 5.73. The van der Waals surface area contributed by atoms with Crippen LogP contribution in [0, 0.1) is 5.92 Å². The molecule has 142 valence electrons. The van der Waals surface area contributed by atoms with Gasteiger partial charge in [-0.2, -0.15) is 13.2 Å². The molecule has 1 aliphatic rings. The van der Waals surface area contributed by atoms with Crippen molar-refractivity contribution in [3.63, 3.8) is 0 Å². The van der Waals surface area contributed by atoms with Crippen LogP contribution < -0.4 is 5.32 Å². The molecule has 1 N–H and O–H groups in total. The van der Waals surface area contributed by atoms with Gasteiger partial charge in [0, 0.05) is 17.0 Å². The first kappa shape index (κ1) is 17.9. The molecule has 1 aromatic heterocycles. The van der Waals surface area contributed by atoms with Crippen LogP contribution in [0.3, 0.4) is 0 Å². The monoisotopic (exact) mass is 375 g/mol. The Hall–Kier alpha value is -2.50. The zero-order valence-electron chi connectivity index (χ0n) is 14.7. The fourth-order valence-corrected chi connectivity index (χ4v) is 4.07. The Labute approximate surface area is 154 Å². The summed E-state index contributed by atoms with van der Waals surface area (Å²) < 4.78 is 44.4. The summed E-state index contributed by atoms with van der Waals surface area (Å²) in [6, 6.07) is 11.2. The average Bonchev–Trinajstić information content (AvgIpc) is 3.04. The molecule has 3 nitrogen and oxygen atoms in total. The highest BCUT2D eigenvalue weighted by atomic mass is 19.4. The van der Waals surface area contributed by atoms with Gasteiger partial charge in [0.15, 0.2) is 0 Å². The number of hydrogen-bond donors (Lipinski definition) is 1. The van der Waals surface area contributed by atoms with E-state index in [-0.39, 0.29) is 25.2 Å². The maximum Gasteiger partial charge on any atom is 0.391 e. The van der Waals surface area contributed by atoms with Crippen LogP contribution in [0.2, 0.25) is 0 Å². The van der Waals surface area contributed by atoms with Gasteiger partial charge >= 0.3 is 6.18 Å². The Morgan fingerprint density at radius 1 is 1.15 bits per heavy atom. The highest BCUT2D eigenvalue weighted by Gasteiger charge is 2.42. The van der Waals surface area contributed by atoms with Crippen molar-refractivity contribution in [1.82, 2.24) is 5.32 Å². The number of nitrogens with one attached hydrogen (secondary N) is 1. The van der Waals surface area contributed by atoms with E-state index in [1.165, 1.54) is 0 Å². The maximum atomic E-state index is 13.0. The van der Waals surface area contributed by atoms with Crippen LogP contribution in [0.15, 0.2) is 47.1 Å². The van der Waals surface area contributed by atoms with E-state index >= 15 is 0 Å². The summed E-state index contributed by atoms with van der Waals surface area (Å²) in [6.07, 6.45) is -1.35. The first-order valence-electron chi connectivity index (χ1n) is 9.16. The van der Waals surface area contributed by atoms with Gasteiger partial charge in [0.1, 0.15) is 5.58 Å². The van der Waals surface area contributed by atoms with Crippen LogP contribution in [0.4, 0.5) is 13.2 Å². The van der Waals surface area contributed by atoms with Gasteiger partial charge in [0.05, 0.1) is 18.6 Å². The third kappa shape index (κ3) is 3.66. The quantitative estimate of drug-likeness (QED) is 0.669. The maximum absolute atomic E-state index is 13.0. The number of rotatable bonds is 3. The largest absolute Gasteiger partial charge is 0.464 e. The molecule has 1 heterocycles. The molecule has 2 atom stereocenters. The van der Waals surface area contributed by atoms with Gasteiger partial charge in [-0.25, -0.2) is 0 Å². The minimum Gasteiger partial charge on any atom is -0.464 e. The van der Waals surface area contributed by atoms with Crippen molar-refractivity contribution in [2.24, 2.45) is 5.92 Å². The second kappa shape index (κ2) is 6.91. The Balaban J connectivity index is 1.51. The van der Waals surface area contributed by atoms with Crippen LogP contribution >= 0.6 is 0 Å². The van der Waals surface area contributed by atoms with E-state index < -0.39 is 18.1 Å². The van der Waals surface area contributed by atoms with Crippen LogP contribution in [-0.4, -0.2) is 18.1 Å². The van der Waals surface area contributed by atoms with Gasteiger partial charge in [-0.05, 0) is 36.1 Å². The molecule has 0 aliphatic heterocycles. The fourth-order valence-electron chi connectivity index (χ4n) is 4.07. The SMILES string of the molecule is O=C(Cc1coc2ccc3ccccc3c12)NC1CCCC(C(F)(F)F)C1. The van der Waals surface area contributed by atoms with Gasteiger partial charge in [-0.15, -0.1) is 0 Å². The van der Waals surface area contributed by atoms with Crippen molar-refractivity contribution in [3.05, 3.63) is 48.2 Å². The number of amides is 1. The second-order valence-corrected chi connectivity index (χ2v) is 7.27. The predicted molar refractivity (Wildman–Crippen MR) is 97.4 cm³/mol. The van der Waals surface area contributed by atoms with Crippen molar-refractivity contribution in [1.29, 1.82) is 0 Å². The molecular formula is C21H20F3NO2. The van der Waals surface area contributed by atoms with Gasteiger partial charge in [-0.3, -0.25) is 4.79 Å². The molecule has 6 heteroatoms. The smallest absolute Gasteiger partial charge is 0.391 e. The number of hydrogen-bond acceptors (Lipinski definition) is 2. The molecule has 1 aliphatic carbocycles. The zero-order chi connectivity index (χ0) is 19.0. The van der Waals surface area contributed by atoms with Crippen LogP contribution in [0.5, 0.6) is 0 Å². The molecule has 1 fully saturated rings. The minimum absolute atomic E-state index is 0.0374. The van der Waals surface area contributed by atoms with E-state index in [2.05, 4.69) is 5.32 Å². The Morgan fingerprint density at radius 3 is 2.78 bits per heavy atom. The van der Waals surface area contributed by atoms with E-state index in [0.717, 1.165) is 21.7 Å². The lowest BCUT2D eigenvalue weighted by atomic mass is 9.85. The summed E-state index contributed by atoms with van der Waals surface area (Å²) in [5.74, 6) is -1.59. The highest BCUT2D eigenvalue weighted by molar-refractivity contribution is 6.08. The predicted octanol–water partition coefficient (Wildman–Crippen LogP) is 5.37. The molecule has 2 aromatic carbocycles. The number of alkyl halides is 3. The molecule has 0 bridgehead atoms. The van der Waals surface area contributed by atoms with Gasteiger partial charge in [0.25, 0.3) is 0 Å². The Morgan fingerprint density at radius 2 is 1.96 bits per heavy atom. The summed E-state index contributed by atoms with van der Waals surface area (Å²) in [6.45, 7) is 0. The number of carbonyl (C=O) groups excluding carboxylic acids is 1. The molecule has 0 saturated heterocycles. The first-order valence-corrected chi connectivity index (χ1v) is 9.16. The van der Waals surface area contributed by atoms with Crippen molar-refractivity contribution in [2.45, 2.75) is 44.3 Å². The molecule has 0 radical (unpaired) electrons. The molecule has 4 rings (SSSR count). The van der Waals surface area contributed by atoms with Gasteiger partial charge < -0.3 is 9.73 Å². The number of carbonyl (C=O) groups is 1. The summed E-state index contributed by atoms with van der Waals surface area (Å²) in [7, 11) is 0. The van der Waals surface area contributed by atoms with Crippen molar-refractivity contribution in [3.8, 4) is 0 Å². The summed E-state index contributed by atoms with van der Waals surface area (Å²) >= 11 is 0. The summed E-state index contributed by atoms with van der Waals surface area (Å²) in [5.41, 5.74) is 1.45. The van der Waals surface area contributed by atoms with Crippen LogP contribution in [0.1, 0.15) is 31.2 Å². The van der Waals surface area contributed by atoms with Crippen molar-refractivity contribution in [2.75, 3.05) is 0 Å². The Kier molecular flexibility index (Phi) is 4.58. The van der Waals surface area contributed by atoms with Crippen LogP contribution in [0.25, 0.3) is 21.7 Å². The molecule has 1 amide bonds. The normalized spacial score (nSPS) is 20.9. The number of furan rings is 1. The lowest BCUT2D eigenvalue weighted by molar-refractivity contribution is -0.184.